The highest BCUT2D eigenvalue weighted by molar-refractivity contribution is 6.09. The molecule has 102 valence electrons. The second kappa shape index (κ2) is 4.74. The number of aryl methyl sites for hydroxylation is 1. The summed E-state index contributed by atoms with van der Waals surface area (Å²) in [6.45, 7) is 0. The maximum Gasteiger partial charge on any atom is 0.124 e. The summed E-state index contributed by atoms with van der Waals surface area (Å²) in [7, 11) is 0. The molecule has 0 saturated carbocycles. The third-order valence-electron chi connectivity index (χ3n) is 4.07. The van der Waals surface area contributed by atoms with Gasteiger partial charge in [0.2, 0.25) is 0 Å². The van der Waals surface area contributed by atoms with E-state index in [9.17, 15) is 5.11 Å². The SMILES string of the molecule is Oc1cccc2c1C(=Nc1cccc3ccccc13)CC2. The van der Waals surface area contributed by atoms with Gasteiger partial charge < -0.3 is 5.11 Å². The van der Waals surface area contributed by atoms with Crippen LogP contribution in [0.15, 0.2) is 65.7 Å². The van der Waals surface area contributed by atoms with Crippen molar-refractivity contribution in [1.29, 1.82) is 0 Å². The lowest BCUT2D eigenvalue weighted by Crippen LogP contribution is -1.94. The summed E-state index contributed by atoms with van der Waals surface area (Å²) in [4.78, 5) is 4.85. The molecule has 2 nitrogen and oxygen atoms in total. The lowest BCUT2D eigenvalue weighted by molar-refractivity contribution is 0.474. The maximum absolute atomic E-state index is 10.1. The van der Waals surface area contributed by atoms with Gasteiger partial charge in [-0.2, -0.15) is 0 Å². The molecular formula is C19H15NO. The van der Waals surface area contributed by atoms with Crippen LogP contribution < -0.4 is 0 Å². The van der Waals surface area contributed by atoms with Gasteiger partial charge in [-0.3, -0.25) is 4.99 Å². The lowest BCUT2D eigenvalue weighted by Gasteiger charge is -2.06. The second-order valence-electron chi connectivity index (χ2n) is 5.37. The molecule has 0 aliphatic heterocycles. The Morgan fingerprint density at radius 3 is 2.57 bits per heavy atom. The standard InChI is InChI=1S/C19H15NO/c21-18-10-4-7-14-11-12-17(19(14)18)20-16-9-3-6-13-5-1-2-8-15(13)16/h1-10,21H,11-12H2. The fraction of sp³-hybridized carbons (Fsp3) is 0.105. The molecule has 0 atom stereocenters. The molecule has 0 heterocycles. The molecule has 0 fully saturated rings. The highest BCUT2D eigenvalue weighted by Gasteiger charge is 2.21. The van der Waals surface area contributed by atoms with Crippen LogP contribution in [0.3, 0.4) is 0 Å². The number of hydrogen-bond donors (Lipinski definition) is 1. The highest BCUT2D eigenvalue weighted by Crippen LogP contribution is 2.33. The first-order chi connectivity index (χ1) is 10.3. The van der Waals surface area contributed by atoms with Crippen LogP contribution in [-0.2, 0) is 6.42 Å². The summed E-state index contributed by atoms with van der Waals surface area (Å²) in [6, 6.07) is 20.1. The molecule has 1 aliphatic carbocycles. The number of phenols is 1. The van der Waals surface area contributed by atoms with E-state index in [2.05, 4.69) is 24.3 Å². The average molecular weight is 273 g/mol. The van der Waals surface area contributed by atoms with Crippen molar-refractivity contribution in [3.8, 4) is 5.75 Å². The second-order valence-corrected chi connectivity index (χ2v) is 5.37. The van der Waals surface area contributed by atoms with Gasteiger partial charge in [-0.15, -0.1) is 0 Å². The molecular weight excluding hydrogens is 258 g/mol. The van der Waals surface area contributed by atoms with Crippen molar-refractivity contribution in [2.75, 3.05) is 0 Å². The minimum Gasteiger partial charge on any atom is -0.507 e. The van der Waals surface area contributed by atoms with Crippen LogP contribution in [0.1, 0.15) is 17.5 Å². The molecule has 0 bridgehead atoms. The molecule has 21 heavy (non-hydrogen) atoms. The van der Waals surface area contributed by atoms with E-state index >= 15 is 0 Å². The number of aromatic hydroxyl groups is 1. The normalized spacial score (nSPS) is 15.5. The van der Waals surface area contributed by atoms with E-state index < -0.39 is 0 Å². The van der Waals surface area contributed by atoms with Crippen molar-refractivity contribution in [1.82, 2.24) is 0 Å². The van der Waals surface area contributed by atoms with E-state index in [1.54, 1.807) is 6.07 Å². The summed E-state index contributed by atoms with van der Waals surface area (Å²) < 4.78 is 0. The zero-order valence-electron chi connectivity index (χ0n) is 11.6. The number of phenolic OH excluding ortho intramolecular Hbond substituents is 1. The van der Waals surface area contributed by atoms with Crippen LogP contribution in [0.5, 0.6) is 5.75 Å². The van der Waals surface area contributed by atoms with Crippen LogP contribution >= 0.6 is 0 Å². The first-order valence-electron chi connectivity index (χ1n) is 7.19. The molecule has 1 N–H and O–H groups in total. The summed E-state index contributed by atoms with van der Waals surface area (Å²) >= 11 is 0. The Balaban J connectivity index is 1.90. The summed E-state index contributed by atoms with van der Waals surface area (Å²) in [5.74, 6) is 0.337. The molecule has 3 aromatic rings. The molecule has 1 aliphatic rings. The zero-order chi connectivity index (χ0) is 14.2. The van der Waals surface area contributed by atoms with E-state index in [-0.39, 0.29) is 0 Å². The van der Waals surface area contributed by atoms with Crippen molar-refractivity contribution in [3.63, 3.8) is 0 Å². The number of aliphatic imine (C=N–C) groups is 1. The van der Waals surface area contributed by atoms with Gasteiger partial charge in [0.1, 0.15) is 5.75 Å². The van der Waals surface area contributed by atoms with Gasteiger partial charge in [-0.1, -0.05) is 48.5 Å². The number of rotatable bonds is 1. The largest absolute Gasteiger partial charge is 0.507 e. The number of fused-ring (bicyclic) bond motifs is 2. The third kappa shape index (κ3) is 2.00. The van der Waals surface area contributed by atoms with Crippen LogP contribution in [-0.4, -0.2) is 10.8 Å². The lowest BCUT2D eigenvalue weighted by atomic mass is 10.1. The zero-order valence-corrected chi connectivity index (χ0v) is 11.6. The predicted molar refractivity (Wildman–Crippen MR) is 86.6 cm³/mol. The highest BCUT2D eigenvalue weighted by atomic mass is 16.3. The van der Waals surface area contributed by atoms with Crippen molar-refractivity contribution in [3.05, 3.63) is 71.8 Å². The fourth-order valence-corrected chi connectivity index (χ4v) is 3.07. The Kier molecular flexibility index (Phi) is 2.74. The Hall–Kier alpha value is -2.61. The third-order valence-corrected chi connectivity index (χ3v) is 4.07. The monoisotopic (exact) mass is 273 g/mol. The van der Waals surface area contributed by atoms with Gasteiger partial charge in [0.15, 0.2) is 0 Å². The van der Waals surface area contributed by atoms with Gasteiger partial charge in [0.25, 0.3) is 0 Å². The molecule has 3 aromatic carbocycles. The van der Waals surface area contributed by atoms with Gasteiger partial charge in [0.05, 0.1) is 11.4 Å². The smallest absolute Gasteiger partial charge is 0.124 e. The maximum atomic E-state index is 10.1. The first-order valence-corrected chi connectivity index (χ1v) is 7.19. The van der Waals surface area contributed by atoms with Crippen molar-refractivity contribution >= 4 is 22.2 Å². The Labute approximate surface area is 123 Å². The van der Waals surface area contributed by atoms with E-state index in [0.29, 0.717) is 5.75 Å². The minimum atomic E-state index is 0.337. The van der Waals surface area contributed by atoms with Crippen LogP contribution in [0.25, 0.3) is 10.8 Å². The Bertz CT molecular complexity index is 859. The molecule has 2 heteroatoms. The molecule has 0 radical (unpaired) electrons. The van der Waals surface area contributed by atoms with Crippen molar-refractivity contribution < 1.29 is 5.11 Å². The van der Waals surface area contributed by atoms with Crippen molar-refractivity contribution in [2.24, 2.45) is 4.99 Å². The summed E-state index contributed by atoms with van der Waals surface area (Å²) in [5.41, 5.74) is 4.07. The molecule has 4 rings (SSSR count). The van der Waals surface area contributed by atoms with Crippen LogP contribution in [0.4, 0.5) is 5.69 Å². The van der Waals surface area contributed by atoms with E-state index in [4.69, 9.17) is 4.99 Å². The average Bonchev–Trinajstić information content (AvgIpc) is 2.92. The summed E-state index contributed by atoms with van der Waals surface area (Å²) in [5, 5.41) is 12.5. The van der Waals surface area contributed by atoms with Gasteiger partial charge >= 0.3 is 0 Å². The number of benzene rings is 3. The molecule has 0 unspecified atom stereocenters. The molecule has 0 aromatic heterocycles. The predicted octanol–water partition coefficient (Wildman–Crippen LogP) is 4.61. The number of hydrogen-bond acceptors (Lipinski definition) is 2. The van der Waals surface area contributed by atoms with Crippen LogP contribution in [0, 0.1) is 0 Å². The van der Waals surface area contributed by atoms with Gasteiger partial charge in [-0.05, 0) is 35.9 Å². The van der Waals surface area contributed by atoms with E-state index in [0.717, 1.165) is 35.2 Å². The molecule has 0 saturated heterocycles. The van der Waals surface area contributed by atoms with Crippen molar-refractivity contribution in [2.45, 2.75) is 12.8 Å². The quantitative estimate of drug-likeness (QED) is 0.689. The minimum absolute atomic E-state index is 0.337. The van der Waals surface area contributed by atoms with E-state index in [1.165, 1.54) is 10.9 Å². The number of nitrogens with zero attached hydrogens (tertiary/aromatic N) is 1. The molecule has 0 spiro atoms. The first kappa shape index (κ1) is 12.2. The Morgan fingerprint density at radius 2 is 1.62 bits per heavy atom. The summed E-state index contributed by atoms with van der Waals surface area (Å²) in [6.07, 6.45) is 1.84. The van der Waals surface area contributed by atoms with E-state index in [1.807, 2.05) is 30.3 Å². The molecule has 0 amide bonds. The fourth-order valence-electron chi connectivity index (χ4n) is 3.07. The van der Waals surface area contributed by atoms with Gasteiger partial charge in [0, 0.05) is 10.9 Å². The van der Waals surface area contributed by atoms with Gasteiger partial charge in [-0.25, -0.2) is 0 Å². The topological polar surface area (TPSA) is 32.6 Å². The Morgan fingerprint density at radius 1 is 0.810 bits per heavy atom. The van der Waals surface area contributed by atoms with Crippen LogP contribution in [0.2, 0.25) is 0 Å².